The quantitative estimate of drug-likeness (QED) is 0.303. The van der Waals surface area contributed by atoms with Crippen LogP contribution in [0.5, 0.6) is 0 Å². The van der Waals surface area contributed by atoms with Crippen molar-refractivity contribution in [1.29, 1.82) is 0 Å². The van der Waals surface area contributed by atoms with Gasteiger partial charge in [0.2, 0.25) is 0 Å². The Labute approximate surface area is 204 Å². The number of nitrogens with one attached hydrogen (secondary N) is 1. The van der Waals surface area contributed by atoms with E-state index in [1.54, 1.807) is 17.0 Å². The fourth-order valence-electron chi connectivity index (χ4n) is 3.71. The lowest BCUT2D eigenvalue weighted by atomic mass is 10.2. The van der Waals surface area contributed by atoms with Crippen LogP contribution >= 0.6 is 0 Å². The lowest BCUT2D eigenvalue weighted by molar-refractivity contribution is -0.114. The maximum absolute atomic E-state index is 13.2. The molecule has 1 aromatic carbocycles. The minimum Gasteiger partial charge on any atom is -0.383 e. The molecule has 0 saturated carbocycles. The first kappa shape index (κ1) is 25.7. The molecule has 0 aliphatic carbocycles. The number of benzene rings is 1. The topological polar surface area (TPSA) is 132 Å². The number of H-pyrrole nitrogens is 1. The van der Waals surface area contributed by atoms with Crippen molar-refractivity contribution in [3.05, 3.63) is 74.7 Å². The maximum Gasteiger partial charge on any atom is 0.330 e. The zero-order chi connectivity index (χ0) is 25.2. The van der Waals surface area contributed by atoms with E-state index >= 15 is 0 Å². The first-order valence-corrected chi connectivity index (χ1v) is 12.0. The summed E-state index contributed by atoms with van der Waals surface area (Å²) in [6.45, 7) is 5.27. The number of nitrogen functional groups attached to an aromatic ring is 1. The Morgan fingerprint density at radius 3 is 2.57 bits per heavy atom. The summed E-state index contributed by atoms with van der Waals surface area (Å²) in [5, 5.41) is 8.21. The first-order chi connectivity index (χ1) is 16.9. The van der Waals surface area contributed by atoms with Gasteiger partial charge < -0.3 is 10.6 Å². The fourth-order valence-corrected chi connectivity index (χ4v) is 3.71. The van der Waals surface area contributed by atoms with Crippen molar-refractivity contribution in [2.75, 3.05) is 17.2 Å². The zero-order valence-corrected chi connectivity index (χ0v) is 20.3. The number of hydrogen-bond donors (Lipinski definition) is 2. The molecule has 186 valence electrons. The summed E-state index contributed by atoms with van der Waals surface area (Å²) >= 11 is 0. The molecule has 0 spiro atoms. The highest BCUT2D eigenvalue weighted by Gasteiger charge is 2.22. The Bertz CT molecular complexity index is 1260. The minimum atomic E-state index is -0.674. The van der Waals surface area contributed by atoms with Crippen molar-refractivity contribution in [3.63, 3.8) is 0 Å². The van der Waals surface area contributed by atoms with Crippen LogP contribution in [0, 0.1) is 0 Å². The van der Waals surface area contributed by atoms with Crippen LogP contribution in [0.2, 0.25) is 0 Å². The van der Waals surface area contributed by atoms with Crippen molar-refractivity contribution in [3.8, 4) is 0 Å². The summed E-state index contributed by atoms with van der Waals surface area (Å²) in [6, 6.07) is 9.85. The van der Waals surface area contributed by atoms with Crippen LogP contribution in [0.3, 0.4) is 0 Å². The number of aromatic amines is 1. The zero-order valence-electron chi connectivity index (χ0n) is 20.3. The number of amides is 1. The molecule has 2 aromatic heterocycles. The molecule has 3 rings (SSSR count). The van der Waals surface area contributed by atoms with Gasteiger partial charge in [-0.05, 0) is 24.5 Å². The predicted octanol–water partition coefficient (Wildman–Crippen LogP) is 2.80. The third kappa shape index (κ3) is 6.78. The molecule has 0 radical (unpaired) electrons. The molecular weight excluding hydrogens is 446 g/mol. The van der Waals surface area contributed by atoms with Crippen LogP contribution in [0.4, 0.5) is 11.5 Å². The van der Waals surface area contributed by atoms with Crippen LogP contribution in [0.1, 0.15) is 57.2 Å². The van der Waals surface area contributed by atoms with Crippen molar-refractivity contribution in [2.45, 2.75) is 59.0 Å². The number of unbranched alkanes of at least 4 members (excludes halogenated alkanes) is 3. The van der Waals surface area contributed by atoms with Gasteiger partial charge in [-0.25, -0.2) is 9.48 Å². The molecule has 10 heteroatoms. The van der Waals surface area contributed by atoms with Gasteiger partial charge in [-0.15, -0.1) is 5.10 Å². The molecule has 3 aromatic rings. The van der Waals surface area contributed by atoms with Gasteiger partial charge in [0.05, 0.1) is 12.7 Å². The van der Waals surface area contributed by atoms with Crippen LogP contribution in [-0.2, 0) is 17.9 Å². The predicted molar refractivity (Wildman–Crippen MR) is 137 cm³/mol. The van der Waals surface area contributed by atoms with Crippen LogP contribution < -0.4 is 21.9 Å². The number of nitrogens with two attached hydrogens (primary N) is 1. The monoisotopic (exact) mass is 479 g/mol. The average Bonchev–Trinajstić information content (AvgIpc) is 3.29. The van der Waals surface area contributed by atoms with E-state index in [9.17, 15) is 14.4 Å². The van der Waals surface area contributed by atoms with Crippen molar-refractivity contribution in [1.82, 2.24) is 24.5 Å². The van der Waals surface area contributed by atoms with E-state index in [1.807, 2.05) is 37.3 Å². The van der Waals surface area contributed by atoms with Crippen LogP contribution in [0.25, 0.3) is 6.08 Å². The molecule has 0 aliphatic rings. The number of carbonyl (C=O) groups excluding carboxylic acids is 1. The molecule has 0 aliphatic heterocycles. The molecule has 1 amide bonds. The Kier molecular flexibility index (Phi) is 9.16. The lowest BCUT2D eigenvalue weighted by Gasteiger charge is -2.23. The van der Waals surface area contributed by atoms with E-state index in [0.717, 1.165) is 31.2 Å². The van der Waals surface area contributed by atoms with E-state index in [-0.39, 0.29) is 11.5 Å². The summed E-state index contributed by atoms with van der Waals surface area (Å²) < 4.78 is 3.00. The molecule has 0 saturated heterocycles. The molecule has 35 heavy (non-hydrogen) atoms. The number of anilines is 2. The summed E-state index contributed by atoms with van der Waals surface area (Å²) in [6.07, 6.45) is 8.74. The van der Waals surface area contributed by atoms with Gasteiger partial charge in [0.1, 0.15) is 11.5 Å². The molecule has 0 bridgehead atoms. The molecule has 0 unspecified atom stereocenters. The van der Waals surface area contributed by atoms with Crippen molar-refractivity contribution < 1.29 is 4.79 Å². The van der Waals surface area contributed by atoms with Gasteiger partial charge in [-0.1, -0.05) is 68.7 Å². The minimum absolute atomic E-state index is 0.000691. The Hall–Kier alpha value is -3.95. The molecule has 10 nitrogen and oxygen atoms in total. The van der Waals surface area contributed by atoms with Gasteiger partial charge in [0.25, 0.3) is 11.5 Å². The smallest absolute Gasteiger partial charge is 0.330 e. The maximum atomic E-state index is 13.2. The number of carbonyl (C=O) groups is 1. The van der Waals surface area contributed by atoms with Crippen LogP contribution in [-0.4, -0.2) is 37.0 Å². The van der Waals surface area contributed by atoms with Crippen LogP contribution in [0.15, 0.2) is 52.2 Å². The van der Waals surface area contributed by atoms with E-state index in [0.29, 0.717) is 31.7 Å². The molecule has 0 atom stereocenters. The highest BCUT2D eigenvalue weighted by Crippen LogP contribution is 2.19. The summed E-state index contributed by atoms with van der Waals surface area (Å²) in [4.78, 5) is 41.9. The number of aromatic nitrogens is 5. The van der Waals surface area contributed by atoms with Crippen molar-refractivity contribution in [2.24, 2.45) is 0 Å². The molecular formula is C25H33N7O3. The fraction of sp³-hybridized carbons (Fsp3) is 0.400. The number of hydrogen-bond acceptors (Lipinski definition) is 6. The summed E-state index contributed by atoms with van der Waals surface area (Å²) in [5.74, 6) is -0.421. The second-order valence-electron chi connectivity index (χ2n) is 8.36. The third-order valence-electron chi connectivity index (χ3n) is 5.61. The Morgan fingerprint density at radius 1 is 1.11 bits per heavy atom. The standard InChI is InChI=1S/C25H33N7O3/c1-3-5-10-16-31(22-23(26)32(15-6-4-2)25(35)27-24(22)34)21(33)14-13-20-18-30(29-28-20)17-19-11-8-7-9-12-19/h7-9,11-14,18H,3-6,10,15-17,26H2,1-2H3,(H,27,34,35)/b14-13+. The van der Waals surface area contributed by atoms with Gasteiger partial charge >= 0.3 is 5.69 Å². The average molecular weight is 480 g/mol. The summed E-state index contributed by atoms with van der Waals surface area (Å²) in [5.41, 5.74) is 6.60. The molecule has 2 heterocycles. The largest absolute Gasteiger partial charge is 0.383 e. The number of rotatable bonds is 12. The normalized spacial score (nSPS) is 11.3. The van der Waals surface area contributed by atoms with Crippen molar-refractivity contribution >= 4 is 23.5 Å². The second-order valence-corrected chi connectivity index (χ2v) is 8.36. The van der Waals surface area contributed by atoms with Gasteiger partial charge in [0, 0.05) is 19.2 Å². The van der Waals surface area contributed by atoms with Gasteiger partial charge in [-0.3, -0.25) is 19.1 Å². The third-order valence-corrected chi connectivity index (χ3v) is 5.61. The SMILES string of the molecule is CCCCCN(C(=O)/C=C/c1cn(Cc2ccccc2)nn1)c1c(N)n(CCCC)c(=O)[nH]c1=O. The lowest BCUT2D eigenvalue weighted by Crippen LogP contribution is -2.41. The Balaban J connectivity index is 1.85. The summed E-state index contributed by atoms with van der Waals surface area (Å²) in [7, 11) is 0. The van der Waals surface area contributed by atoms with E-state index in [4.69, 9.17) is 5.73 Å². The van der Waals surface area contributed by atoms with E-state index in [2.05, 4.69) is 22.2 Å². The van der Waals surface area contributed by atoms with Gasteiger partial charge in [-0.2, -0.15) is 0 Å². The highest BCUT2D eigenvalue weighted by atomic mass is 16.2. The Morgan fingerprint density at radius 2 is 1.86 bits per heavy atom. The molecule has 3 N–H and O–H groups in total. The van der Waals surface area contributed by atoms with Gasteiger partial charge in [0.15, 0.2) is 5.69 Å². The number of nitrogens with zero attached hydrogens (tertiary/aromatic N) is 5. The van der Waals surface area contributed by atoms with E-state index in [1.165, 1.54) is 15.5 Å². The van der Waals surface area contributed by atoms with E-state index < -0.39 is 17.2 Å². The highest BCUT2D eigenvalue weighted by molar-refractivity contribution is 6.04. The second kappa shape index (κ2) is 12.5. The first-order valence-electron chi connectivity index (χ1n) is 12.0. The molecule has 0 fully saturated rings.